The minimum Gasteiger partial charge on any atom is -0.394 e. The van der Waals surface area contributed by atoms with Gasteiger partial charge in [-0.05, 0) is 12.8 Å². The third kappa shape index (κ3) is 41.3. The van der Waals surface area contributed by atoms with Crippen molar-refractivity contribution in [2.75, 3.05) is 6.61 Å². The zero-order chi connectivity index (χ0) is 40.1. The van der Waals surface area contributed by atoms with Crippen LogP contribution in [0.1, 0.15) is 290 Å². The molecule has 0 aromatic carbocycles. The van der Waals surface area contributed by atoms with Crippen molar-refractivity contribution in [1.29, 1.82) is 0 Å². The van der Waals surface area contributed by atoms with Crippen molar-refractivity contribution in [3.05, 3.63) is 0 Å². The second-order valence-electron chi connectivity index (χ2n) is 17.7. The van der Waals surface area contributed by atoms with E-state index in [-0.39, 0.29) is 12.5 Å². The molecule has 0 unspecified atom stereocenters. The highest BCUT2D eigenvalue weighted by Gasteiger charge is 2.26. The summed E-state index contributed by atoms with van der Waals surface area (Å²) in [7, 11) is 0. The molecule has 0 aromatic heterocycles. The Morgan fingerprint density at radius 1 is 0.382 bits per heavy atom. The SMILES string of the molecule is CCCCCCCCCCCCCCCCCCCCCCCCCCCCCCCCCCC(=O)N[C@@H](CO)[C@H](O)[C@H](O)CCCCCCCCCCC. The number of nitrogens with one attached hydrogen (secondary N) is 1. The lowest BCUT2D eigenvalue weighted by Gasteiger charge is -2.26. The van der Waals surface area contributed by atoms with Crippen molar-refractivity contribution in [1.82, 2.24) is 5.32 Å². The van der Waals surface area contributed by atoms with Crippen LogP contribution in [0.25, 0.3) is 0 Å². The number of carbonyl (C=O) groups excluding carboxylic acids is 1. The van der Waals surface area contributed by atoms with Gasteiger partial charge < -0.3 is 20.6 Å². The lowest BCUT2D eigenvalue weighted by atomic mass is 9.99. The van der Waals surface area contributed by atoms with Gasteiger partial charge in [-0.1, -0.05) is 271 Å². The summed E-state index contributed by atoms with van der Waals surface area (Å²) >= 11 is 0. The molecular weight excluding hydrogens is 679 g/mol. The average molecular weight is 780 g/mol. The van der Waals surface area contributed by atoms with Gasteiger partial charge in [0.25, 0.3) is 0 Å². The lowest BCUT2D eigenvalue weighted by Crippen LogP contribution is -2.50. The standard InChI is InChI=1S/C50H101NO4/c1-3-5-7-9-11-13-14-15-16-17-18-19-20-21-22-23-24-25-26-27-28-29-30-31-32-33-34-35-37-39-41-43-45-49(54)51-47(46-52)50(55)48(53)44-42-40-38-36-12-10-8-6-4-2/h47-48,50,52-53,55H,3-46H2,1-2H3,(H,51,54)/t47-,48+,50-/m0/s1. The molecule has 55 heavy (non-hydrogen) atoms. The maximum Gasteiger partial charge on any atom is 0.220 e. The van der Waals surface area contributed by atoms with E-state index in [1.807, 2.05) is 0 Å². The van der Waals surface area contributed by atoms with Crippen LogP contribution in [-0.4, -0.2) is 46.1 Å². The second kappa shape index (κ2) is 46.0. The third-order valence-corrected chi connectivity index (χ3v) is 12.2. The van der Waals surface area contributed by atoms with Crippen molar-refractivity contribution in [2.45, 2.75) is 308 Å². The zero-order valence-electron chi connectivity index (χ0n) is 37.6. The molecule has 0 radical (unpaired) electrons. The molecule has 5 heteroatoms. The van der Waals surface area contributed by atoms with E-state index in [4.69, 9.17) is 0 Å². The fourth-order valence-corrected chi connectivity index (χ4v) is 8.28. The van der Waals surface area contributed by atoms with Crippen LogP contribution in [0.15, 0.2) is 0 Å². The van der Waals surface area contributed by atoms with Gasteiger partial charge in [0, 0.05) is 6.42 Å². The predicted octanol–water partition coefficient (Wildman–Crippen LogP) is 15.0. The topological polar surface area (TPSA) is 89.8 Å². The number of rotatable bonds is 47. The smallest absolute Gasteiger partial charge is 0.220 e. The van der Waals surface area contributed by atoms with Crippen LogP contribution >= 0.6 is 0 Å². The first-order valence-electron chi connectivity index (χ1n) is 25.3. The molecule has 330 valence electrons. The van der Waals surface area contributed by atoms with E-state index < -0.39 is 18.2 Å². The summed E-state index contributed by atoms with van der Waals surface area (Å²) < 4.78 is 0. The Hall–Kier alpha value is -0.650. The van der Waals surface area contributed by atoms with Crippen molar-refractivity contribution < 1.29 is 20.1 Å². The Balaban J connectivity index is 3.40. The van der Waals surface area contributed by atoms with Gasteiger partial charge in [-0.3, -0.25) is 4.79 Å². The highest BCUT2D eigenvalue weighted by Crippen LogP contribution is 2.18. The van der Waals surface area contributed by atoms with Crippen molar-refractivity contribution in [3.63, 3.8) is 0 Å². The molecule has 5 nitrogen and oxygen atoms in total. The number of unbranched alkanes of at least 4 members (excludes halogenated alkanes) is 39. The first-order chi connectivity index (χ1) is 27.1. The summed E-state index contributed by atoms with van der Waals surface area (Å²) in [6.07, 6.45) is 54.1. The summed E-state index contributed by atoms with van der Waals surface area (Å²) in [5.41, 5.74) is 0. The van der Waals surface area contributed by atoms with E-state index in [1.165, 1.54) is 225 Å². The minimum atomic E-state index is -1.13. The molecule has 4 N–H and O–H groups in total. The highest BCUT2D eigenvalue weighted by atomic mass is 16.3. The van der Waals surface area contributed by atoms with Gasteiger partial charge in [0.05, 0.1) is 18.8 Å². The second-order valence-corrected chi connectivity index (χ2v) is 17.7. The first kappa shape index (κ1) is 54.3. The Kier molecular flexibility index (Phi) is 45.5. The molecule has 0 aliphatic rings. The van der Waals surface area contributed by atoms with Crippen LogP contribution in [0, 0.1) is 0 Å². The van der Waals surface area contributed by atoms with Crippen LogP contribution < -0.4 is 5.32 Å². The molecular formula is C50H101NO4. The van der Waals surface area contributed by atoms with Crippen LogP contribution in [-0.2, 0) is 4.79 Å². The van der Waals surface area contributed by atoms with Crippen LogP contribution in [0.5, 0.6) is 0 Å². The number of hydrogen-bond donors (Lipinski definition) is 4. The van der Waals surface area contributed by atoms with E-state index in [1.54, 1.807) is 0 Å². The molecule has 0 aromatic rings. The molecule has 1 amide bonds. The van der Waals surface area contributed by atoms with Gasteiger partial charge in [0.1, 0.15) is 6.10 Å². The Morgan fingerprint density at radius 3 is 0.873 bits per heavy atom. The number of aliphatic hydroxyl groups excluding tert-OH is 3. The predicted molar refractivity (Wildman–Crippen MR) is 241 cm³/mol. The van der Waals surface area contributed by atoms with E-state index in [0.29, 0.717) is 12.8 Å². The van der Waals surface area contributed by atoms with Gasteiger partial charge in [0.15, 0.2) is 0 Å². The highest BCUT2D eigenvalue weighted by molar-refractivity contribution is 5.76. The summed E-state index contributed by atoms with van der Waals surface area (Å²) in [6.45, 7) is 4.18. The van der Waals surface area contributed by atoms with Gasteiger partial charge in [0.2, 0.25) is 5.91 Å². The van der Waals surface area contributed by atoms with E-state index >= 15 is 0 Å². The Labute approximate surface area is 345 Å². The van der Waals surface area contributed by atoms with Crippen molar-refractivity contribution in [3.8, 4) is 0 Å². The van der Waals surface area contributed by atoms with Gasteiger partial charge in [-0.2, -0.15) is 0 Å². The maximum atomic E-state index is 12.4. The molecule has 0 aliphatic carbocycles. The van der Waals surface area contributed by atoms with Crippen molar-refractivity contribution >= 4 is 5.91 Å². The maximum absolute atomic E-state index is 12.4. The molecule has 0 rings (SSSR count). The summed E-state index contributed by atoms with van der Waals surface area (Å²) in [5.74, 6) is -0.140. The fraction of sp³-hybridized carbons (Fsp3) is 0.980. The summed E-state index contributed by atoms with van der Waals surface area (Å²) in [4.78, 5) is 12.4. The molecule has 0 fully saturated rings. The van der Waals surface area contributed by atoms with E-state index in [0.717, 1.165) is 38.5 Å². The fourth-order valence-electron chi connectivity index (χ4n) is 8.28. The molecule has 0 bridgehead atoms. The third-order valence-electron chi connectivity index (χ3n) is 12.2. The van der Waals surface area contributed by atoms with Gasteiger partial charge >= 0.3 is 0 Å². The molecule has 0 spiro atoms. The monoisotopic (exact) mass is 780 g/mol. The molecule has 0 aliphatic heterocycles. The van der Waals surface area contributed by atoms with Gasteiger partial charge in [-0.25, -0.2) is 0 Å². The van der Waals surface area contributed by atoms with Crippen LogP contribution in [0.2, 0.25) is 0 Å². The number of amides is 1. The van der Waals surface area contributed by atoms with Crippen LogP contribution in [0.4, 0.5) is 0 Å². The van der Waals surface area contributed by atoms with Crippen molar-refractivity contribution in [2.24, 2.45) is 0 Å². The van der Waals surface area contributed by atoms with E-state index in [2.05, 4.69) is 19.2 Å². The zero-order valence-corrected chi connectivity index (χ0v) is 37.6. The van der Waals surface area contributed by atoms with Gasteiger partial charge in [-0.15, -0.1) is 0 Å². The number of hydrogen-bond acceptors (Lipinski definition) is 4. The molecule has 0 heterocycles. The average Bonchev–Trinajstić information content (AvgIpc) is 3.19. The lowest BCUT2D eigenvalue weighted by molar-refractivity contribution is -0.124. The normalized spacial score (nSPS) is 13.3. The molecule has 3 atom stereocenters. The number of carbonyl (C=O) groups is 1. The summed E-state index contributed by atoms with van der Waals surface area (Å²) in [6, 6.07) is -0.801. The van der Waals surface area contributed by atoms with E-state index in [9.17, 15) is 20.1 Å². The number of aliphatic hydroxyl groups is 3. The van der Waals surface area contributed by atoms with Crippen LogP contribution in [0.3, 0.4) is 0 Å². The largest absolute Gasteiger partial charge is 0.394 e. The Bertz CT molecular complexity index is 733. The quantitative estimate of drug-likeness (QED) is 0.0463. The minimum absolute atomic E-state index is 0.140. The first-order valence-corrected chi connectivity index (χ1v) is 25.3. The summed E-state index contributed by atoms with van der Waals surface area (Å²) in [5, 5.41) is 33.4. The molecule has 0 saturated carbocycles. The molecule has 0 saturated heterocycles. The Morgan fingerprint density at radius 2 is 0.618 bits per heavy atom.